The zero-order chi connectivity index (χ0) is 19.8. The van der Waals surface area contributed by atoms with Crippen molar-refractivity contribution in [3.63, 3.8) is 0 Å². The van der Waals surface area contributed by atoms with Crippen molar-refractivity contribution >= 4 is 40.2 Å². The number of methoxy groups -OCH3 is 1. The molecular weight excluding hydrogens is 396 g/mol. The predicted octanol–water partition coefficient (Wildman–Crippen LogP) is 4.66. The second kappa shape index (κ2) is 7.33. The van der Waals surface area contributed by atoms with Gasteiger partial charge in [-0.05, 0) is 31.2 Å². The first-order valence-electron chi connectivity index (χ1n) is 8.49. The maximum atomic E-state index is 11.8. The highest BCUT2D eigenvalue weighted by Gasteiger charge is 2.18. The van der Waals surface area contributed by atoms with Crippen molar-refractivity contribution in [1.82, 2.24) is 19.3 Å². The molecule has 0 unspecified atom stereocenters. The summed E-state index contributed by atoms with van der Waals surface area (Å²) in [6.07, 6.45) is 5.39. The number of rotatable bonds is 4. The van der Waals surface area contributed by atoms with E-state index in [9.17, 15) is 4.79 Å². The van der Waals surface area contributed by atoms with Crippen LogP contribution in [-0.4, -0.2) is 32.4 Å². The number of hydrogen-bond donors (Lipinski definition) is 0. The Morgan fingerprint density at radius 3 is 2.79 bits per heavy atom. The quantitative estimate of drug-likeness (QED) is 0.456. The molecule has 4 rings (SSSR count). The van der Waals surface area contributed by atoms with E-state index in [2.05, 4.69) is 14.6 Å². The van der Waals surface area contributed by atoms with E-state index >= 15 is 0 Å². The number of carbonyl (C=O) groups is 1. The Morgan fingerprint density at radius 2 is 2.07 bits per heavy atom. The zero-order valence-corrected chi connectivity index (χ0v) is 17.1. The van der Waals surface area contributed by atoms with Crippen molar-refractivity contribution in [3.05, 3.63) is 65.2 Å². The van der Waals surface area contributed by atoms with Crippen LogP contribution in [0.5, 0.6) is 0 Å². The van der Waals surface area contributed by atoms with Gasteiger partial charge in [0.15, 0.2) is 0 Å². The molecule has 0 atom stereocenters. The van der Waals surface area contributed by atoms with Crippen molar-refractivity contribution < 1.29 is 9.53 Å². The molecule has 0 amide bonds. The van der Waals surface area contributed by atoms with Gasteiger partial charge in [0.2, 0.25) is 0 Å². The Hall–Kier alpha value is -2.77. The lowest BCUT2D eigenvalue weighted by atomic mass is 10.2. The number of pyridine rings is 1. The number of halogens is 1. The molecule has 3 heterocycles. The number of carbonyl (C=O) groups excluding carboxylic acids is 1. The molecule has 0 aliphatic heterocycles. The van der Waals surface area contributed by atoms with Crippen LogP contribution >= 0.6 is 23.4 Å². The minimum Gasteiger partial charge on any atom is -0.465 e. The summed E-state index contributed by atoms with van der Waals surface area (Å²) in [5.74, 6) is -0.384. The summed E-state index contributed by atoms with van der Waals surface area (Å²) < 4.78 is 8.70. The fourth-order valence-electron chi connectivity index (χ4n) is 3.16. The van der Waals surface area contributed by atoms with Gasteiger partial charge in [0, 0.05) is 40.4 Å². The average molecular weight is 413 g/mol. The Morgan fingerprint density at radius 1 is 1.25 bits per heavy atom. The van der Waals surface area contributed by atoms with Gasteiger partial charge in [-0.15, -0.1) is 0 Å². The van der Waals surface area contributed by atoms with Gasteiger partial charge in [-0.1, -0.05) is 29.4 Å². The molecule has 8 heteroatoms. The van der Waals surface area contributed by atoms with Crippen molar-refractivity contribution in [3.8, 4) is 5.69 Å². The molecular formula is C20H17ClN4O2S. The zero-order valence-electron chi connectivity index (χ0n) is 15.5. The van der Waals surface area contributed by atoms with Crippen molar-refractivity contribution in [2.24, 2.45) is 7.05 Å². The van der Waals surface area contributed by atoms with Crippen LogP contribution in [0, 0.1) is 6.92 Å². The van der Waals surface area contributed by atoms with Gasteiger partial charge in [0.05, 0.1) is 30.1 Å². The highest BCUT2D eigenvalue weighted by atomic mass is 35.5. The Kier molecular flexibility index (Phi) is 4.87. The van der Waals surface area contributed by atoms with Gasteiger partial charge in [0.1, 0.15) is 5.03 Å². The molecule has 3 aromatic heterocycles. The van der Waals surface area contributed by atoms with Crippen LogP contribution < -0.4 is 0 Å². The maximum absolute atomic E-state index is 11.8. The molecule has 1 aromatic carbocycles. The van der Waals surface area contributed by atoms with Crippen LogP contribution in [0.4, 0.5) is 0 Å². The second-order valence-corrected chi connectivity index (χ2v) is 7.73. The number of nitrogens with zero attached hydrogens (tertiary/aromatic N) is 4. The monoisotopic (exact) mass is 412 g/mol. The van der Waals surface area contributed by atoms with Crippen LogP contribution in [0.1, 0.15) is 16.1 Å². The fraction of sp³-hybridized carbons (Fsp3) is 0.150. The first-order chi connectivity index (χ1) is 13.5. The Balaban J connectivity index is 1.86. The second-order valence-electron chi connectivity index (χ2n) is 6.26. The Labute approximate surface area is 171 Å². The maximum Gasteiger partial charge on any atom is 0.337 e. The summed E-state index contributed by atoms with van der Waals surface area (Å²) in [5.41, 5.74) is 3.46. The van der Waals surface area contributed by atoms with Crippen molar-refractivity contribution in [2.75, 3.05) is 7.11 Å². The first kappa shape index (κ1) is 18.6. The number of aromatic nitrogens is 4. The molecule has 0 bridgehead atoms. The highest BCUT2D eigenvalue weighted by molar-refractivity contribution is 7.99. The lowest BCUT2D eigenvalue weighted by Gasteiger charge is -2.06. The van der Waals surface area contributed by atoms with E-state index in [1.54, 1.807) is 23.0 Å². The van der Waals surface area contributed by atoms with Crippen LogP contribution in [0.2, 0.25) is 5.02 Å². The van der Waals surface area contributed by atoms with Crippen LogP contribution in [-0.2, 0) is 11.8 Å². The van der Waals surface area contributed by atoms with E-state index in [4.69, 9.17) is 16.3 Å². The molecule has 4 aromatic rings. The summed E-state index contributed by atoms with van der Waals surface area (Å²) >= 11 is 7.78. The summed E-state index contributed by atoms with van der Waals surface area (Å²) in [5, 5.41) is 6.72. The number of hydrogen-bond acceptors (Lipinski definition) is 5. The minimum absolute atomic E-state index is 0.384. The topological polar surface area (TPSA) is 61.9 Å². The van der Waals surface area contributed by atoms with E-state index in [-0.39, 0.29) is 5.97 Å². The number of esters is 1. The standard InChI is InChI=1S/C20H17ClN4O2S/c1-12-19(28-18-8-13(6-7-22-18)20(26)27-3)16-5-4-14(21)9-17(16)25(12)15-10-23-24(2)11-15/h4-11H,1-3H3. The van der Waals surface area contributed by atoms with Crippen LogP contribution in [0.25, 0.3) is 16.6 Å². The normalized spacial score (nSPS) is 11.1. The highest BCUT2D eigenvalue weighted by Crippen LogP contribution is 2.40. The number of aryl methyl sites for hydroxylation is 1. The molecule has 0 N–H and O–H groups in total. The van der Waals surface area contributed by atoms with E-state index in [1.165, 1.54) is 18.9 Å². The molecule has 0 saturated heterocycles. The summed E-state index contributed by atoms with van der Waals surface area (Å²) in [6.45, 7) is 2.05. The molecule has 0 spiro atoms. The molecule has 0 saturated carbocycles. The van der Waals surface area contributed by atoms with Crippen molar-refractivity contribution in [2.45, 2.75) is 16.8 Å². The number of ether oxygens (including phenoxy) is 1. The van der Waals surface area contributed by atoms with Gasteiger partial charge in [-0.25, -0.2) is 9.78 Å². The van der Waals surface area contributed by atoms with Gasteiger partial charge >= 0.3 is 5.97 Å². The third-order valence-corrected chi connectivity index (χ3v) is 5.81. The molecule has 0 radical (unpaired) electrons. The summed E-state index contributed by atoms with van der Waals surface area (Å²) in [4.78, 5) is 17.3. The average Bonchev–Trinajstić information content (AvgIpc) is 3.22. The van der Waals surface area contributed by atoms with Crippen LogP contribution in [0.3, 0.4) is 0 Å². The predicted molar refractivity (Wildman–Crippen MR) is 109 cm³/mol. The van der Waals surface area contributed by atoms with E-state index in [0.717, 1.165) is 27.2 Å². The molecule has 0 fully saturated rings. The third-order valence-electron chi connectivity index (χ3n) is 4.42. The largest absolute Gasteiger partial charge is 0.465 e. The van der Waals surface area contributed by atoms with E-state index < -0.39 is 0 Å². The van der Waals surface area contributed by atoms with Gasteiger partial charge < -0.3 is 9.30 Å². The molecule has 0 aliphatic carbocycles. The van der Waals surface area contributed by atoms with Gasteiger partial charge in [-0.3, -0.25) is 4.68 Å². The number of benzene rings is 1. The van der Waals surface area contributed by atoms with Crippen LogP contribution in [0.15, 0.2) is 58.8 Å². The SMILES string of the molecule is COC(=O)c1ccnc(Sc2c(C)n(-c3cnn(C)c3)c3cc(Cl)ccc23)c1. The van der Waals surface area contributed by atoms with Gasteiger partial charge in [0.25, 0.3) is 0 Å². The molecule has 28 heavy (non-hydrogen) atoms. The van der Waals surface area contributed by atoms with Gasteiger partial charge in [-0.2, -0.15) is 5.10 Å². The molecule has 142 valence electrons. The smallest absolute Gasteiger partial charge is 0.337 e. The van der Waals surface area contributed by atoms with E-state index in [0.29, 0.717) is 15.6 Å². The Bertz CT molecular complexity index is 1200. The lowest BCUT2D eigenvalue weighted by molar-refractivity contribution is 0.0600. The van der Waals surface area contributed by atoms with Crippen molar-refractivity contribution in [1.29, 1.82) is 0 Å². The van der Waals surface area contributed by atoms with E-state index in [1.807, 2.05) is 44.6 Å². The third kappa shape index (κ3) is 3.27. The number of fused-ring (bicyclic) bond motifs is 1. The minimum atomic E-state index is -0.384. The summed E-state index contributed by atoms with van der Waals surface area (Å²) in [7, 11) is 3.25. The summed E-state index contributed by atoms with van der Waals surface area (Å²) in [6, 6.07) is 9.20. The lowest BCUT2D eigenvalue weighted by Crippen LogP contribution is -2.01. The molecule has 0 aliphatic rings. The first-order valence-corrected chi connectivity index (χ1v) is 9.69. The fourth-order valence-corrected chi connectivity index (χ4v) is 4.36. The molecule has 6 nitrogen and oxygen atoms in total.